The third kappa shape index (κ3) is 2.56. The van der Waals surface area contributed by atoms with Crippen molar-refractivity contribution < 1.29 is 4.74 Å². The molecule has 0 N–H and O–H groups in total. The Morgan fingerprint density at radius 3 is 2.00 bits per heavy atom. The second kappa shape index (κ2) is 5.26. The summed E-state index contributed by atoms with van der Waals surface area (Å²) >= 11 is 0. The van der Waals surface area contributed by atoms with Crippen molar-refractivity contribution in [2.24, 2.45) is 0 Å². The summed E-state index contributed by atoms with van der Waals surface area (Å²) in [6, 6.07) is 18.5. The van der Waals surface area contributed by atoms with Crippen LogP contribution >= 0.6 is 0 Å². The molecule has 1 saturated carbocycles. The van der Waals surface area contributed by atoms with Crippen LogP contribution in [0.5, 0.6) is 11.5 Å². The van der Waals surface area contributed by atoms with Gasteiger partial charge in [0.15, 0.2) is 0 Å². The molecule has 1 aliphatic carbocycles. The van der Waals surface area contributed by atoms with Gasteiger partial charge in [0.05, 0.1) is 0 Å². The monoisotopic (exact) mass is 238 g/mol. The molecule has 1 nitrogen and oxygen atoms in total. The van der Waals surface area contributed by atoms with Gasteiger partial charge in [-0.15, -0.1) is 0 Å². The van der Waals surface area contributed by atoms with E-state index in [1.54, 1.807) is 0 Å². The van der Waals surface area contributed by atoms with Gasteiger partial charge in [-0.05, 0) is 48.6 Å². The summed E-state index contributed by atoms with van der Waals surface area (Å²) in [6.45, 7) is 0. The summed E-state index contributed by atoms with van der Waals surface area (Å²) in [5, 5.41) is 0. The maximum Gasteiger partial charge on any atom is 0.127 e. The molecule has 2 aromatic rings. The molecule has 1 heteroatoms. The Bertz CT molecular complexity index is 481. The van der Waals surface area contributed by atoms with Crippen LogP contribution in [0.4, 0.5) is 0 Å². The van der Waals surface area contributed by atoms with E-state index in [0.717, 1.165) is 17.4 Å². The lowest BCUT2D eigenvalue weighted by molar-refractivity contribution is 0.482. The van der Waals surface area contributed by atoms with Gasteiger partial charge < -0.3 is 4.74 Å². The topological polar surface area (TPSA) is 9.23 Å². The van der Waals surface area contributed by atoms with E-state index in [-0.39, 0.29) is 0 Å². The third-order valence-electron chi connectivity index (χ3n) is 3.69. The van der Waals surface area contributed by atoms with Crippen LogP contribution in [0.3, 0.4) is 0 Å². The van der Waals surface area contributed by atoms with E-state index < -0.39 is 0 Å². The summed E-state index contributed by atoms with van der Waals surface area (Å²) in [6.07, 6.45) is 5.46. The van der Waals surface area contributed by atoms with E-state index in [9.17, 15) is 0 Å². The van der Waals surface area contributed by atoms with Crippen molar-refractivity contribution in [2.75, 3.05) is 0 Å². The van der Waals surface area contributed by atoms with Gasteiger partial charge >= 0.3 is 0 Å². The molecule has 1 fully saturated rings. The maximum atomic E-state index is 5.80. The molecule has 0 bridgehead atoms. The van der Waals surface area contributed by atoms with Gasteiger partial charge in [0, 0.05) is 0 Å². The van der Waals surface area contributed by atoms with Crippen molar-refractivity contribution in [3.63, 3.8) is 0 Å². The fourth-order valence-corrected chi connectivity index (χ4v) is 2.69. The number of ether oxygens (including phenoxy) is 1. The molecule has 2 aromatic carbocycles. The van der Waals surface area contributed by atoms with Gasteiger partial charge in [0.25, 0.3) is 0 Å². The quantitative estimate of drug-likeness (QED) is 0.719. The van der Waals surface area contributed by atoms with E-state index in [1.165, 1.54) is 31.2 Å². The highest BCUT2D eigenvalue weighted by Crippen LogP contribution is 2.35. The Kier molecular flexibility index (Phi) is 3.31. The van der Waals surface area contributed by atoms with Gasteiger partial charge in [0.2, 0.25) is 0 Å². The van der Waals surface area contributed by atoms with E-state index in [0.29, 0.717) is 0 Å². The van der Waals surface area contributed by atoms with Crippen molar-refractivity contribution in [1.82, 2.24) is 0 Å². The zero-order valence-electron chi connectivity index (χ0n) is 10.5. The Labute approximate surface area is 108 Å². The highest BCUT2D eigenvalue weighted by Gasteiger charge is 2.16. The standard InChI is InChI=1S/C17H18O/c1-2-8-16(9-3-1)18-17-12-10-15(11-13-17)14-6-4-5-7-14/h1-3,8-14H,4-7H2. The molecule has 0 radical (unpaired) electrons. The molecule has 92 valence electrons. The molecule has 3 rings (SSSR count). The summed E-state index contributed by atoms with van der Waals surface area (Å²) in [5.41, 5.74) is 1.47. The highest BCUT2D eigenvalue weighted by molar-refractivity contribution is 5.34. The Morgan fingerprint density at radius 2 is 1.33 bits per heavy atom. The molecule has 1 aliphatic rings. The Hall–Kier alpha value is -1.76. The summed E-state index contributed by atoms with van der Waals surface area (Å²) in [5.74, 6) is 2.59. The molecule has 0 atom stereocenters. The average molecular weight is 238 g/mol. The first kappa shape index (κ1) is 11.3. The lowest BCUT2D eigenvalue weighted by Crippen LogP contribution is -1.92. The van der Waals surface area contributed by atoms with E-state index in [2.05, 4.69) is 24.3 Å². The van der Waals surface area contributed by atoms with Crippen LogP contribution in [0.15, 0.2) is 54.6 Å². The smallest absolute Gasteiger partial charge is 0.127 e. The fourth-order valence-electron chi connectivity index (χ4n) is 2.69. The van der Waals surface area contributed by atoms with Gasteiger partial charge in [-0.1, -0.05) is 43.2 Å². The molecule has 0 aliphatic heterocycles. The van der Waals surface area contributed by atoms with Crippen LogP contribution in [0.25, 0.3) is 0 Å². The highest BCUT2D eigenvalue weighted by atomic mass is 16.5. The van der Waals surface area contributed by atoms with Gasteiger partial charge in [-0.25, -0.2) is 0 Å². The van der Waals surface area contributed by atoms with Crippen LogP contribution < -0.4 is 4.74 Å². The van der Waals surface area contributed by atoms with Crippen molar-refractivity contribution in [3.8, 4) is 11.5 Å². The number of hydrogen-bond acceptors (Lipinski definition) is 1. The SMILES string of the molecule is c1ccc(Oc2ccc(C3CCCC3)cc2)cc1. The molecule has 0 amide bonds. The summed E-state index contributed by atoms with van der Waals surface area (Å²) in [4.78, 5) is 0. The molecule has 0 saturated heterocycles. The Balaban J connectivity index is 1.71. The minimum absolute atomic E-state index is 0.774. The fraction of sp³-hybridized carbons (Fsp3) is 0.294. The Morgan fingerprint density at radius 1 is 0.722 bits per heavy atom. The third-order valence-corrected chi connectivity index (χ3v) is 3.69. The van der Waals surface area contributed by atoms with Gasteiger partial charge in [-0.2, -0.15) is 0 Å². The van der Waals surface area contributed by atoms with Gasteiger partial charge in [0.1, 0.15) is 11.5 Å². The van der Waals surface area contributed by atoms with E-state index in [1.807, 2.05) is 30.3 Å². The normalized spacial score (nSPS) is 15.8. The molecular weight excluding hydrogens is 220 g/mol. The van der Waals surface area contributed by atoms with E-state index >= 15 is 0 Å². The molecule has 0 heterocycles. The molecular formula is C17H18O. The second-order valence-corrected chi connectivity index (χ2v) is 4.97. The molecule has 0 unspecified atom stereocenters. The largest absolute Gasteiger partial charge is 0.457 e. The zero-order valence-corrected chi connectivity index (χ0v) is 10.5. The van der Waals surface area contributed by atoms with E-state index in [4.69, 9.17) is 4.74 Å². The first-order valence-corrected chi connectivity index (χ1v) is 6.75. The van der Waals surface area contributed by atoms with Gasteiger partial charge in [-0.3, -0.25) is 0 Å². The molecule has 18 heavy (non-hydrogen) atoms. The van der Waals surface area contributed by atoms with Crippen LogP contribution in [0, 0.1) is 0 Å². The summed E-state index contributed by atoms with van der Waals surface area (Å²) < 4.78 is 5.80. The van der Waals surface area contributed by atoms with Crippen molar-refractivity contribution in [1.29, 1.82) is 0 Å². The van der Waals surface area contributed by atoms with Crippen molar-refractivity contribution >= 4 is 0 Å². The number of benzene rings is 2. The summed E-state index contributed by atoms with van der Waals surface area (Å²) in [7, 11) is 0. The lowest BCUT2D eigenvalue weighted by Gasteiger charge is -2.10. The predicted octanol–water partition coefficient (Wildman–Crippen LogP) is 5.14. The van der Waals surface area contributed by atoms with Crippen LogP contribution in [-0.4, -0.2) is 0 Å². The van der Waals surface area contributed by atoms with Crippen molar-refractivity contribution in [2.45, 2.75) is 31.6 Å². The minimum Gasteiger partial charge on any atom is -0.457 e. The van der Waals surface area contributed by atoms with Crippen LogP contribution in [-0.2, 0) is 0 Å². The van der Waals surface area contributed by atoms with Crippen LogP contribution in [0.1, 0.15) is 37.2 Å². The van der Waals surface area contributed by atoms with Crippen molar-refractivity contribution in [3.05, 3.63) is 60.2 Å². The average Bonchev–Trinajstić information content (AvgIpc) is 2.95. The number of para-hydroxylation sites is 1. The first-order chi connectivity index (χ1) is 8.92. The minimum atomic E-state index is 0.774. The lowest BCUT2D eigenvalue weighted by atomic mass is 9.98. The predicted molar refractivity (Wildman–Crippen MR) is 74.2 cm³/mol. The van der Waals surface area contributed by atoms with Crippen LogP contribution in [0.2, 0.25) is 0 Å². The second-order valence-electron chi connectivity index (χ2n) is 4.97. The zero-order chi connectivity index (χ0) is 12.2. The molecule has 0 aromatic heterocycles. The number of rotatable bonds is 3. The number of hydrogen-bond donors (Lipinski definition) is 0. The first-order valence-electron chi connectivity index (χ1n) is 6.75. The molecule has 0 spiro atoms. The maximum absolute atomic E-state index is 5.80.